The van der Waals surface area contributed by atoms with Gasteiger partial charge in [-0.05, 0) is 42.2 Å². The van der Waals surface area contributed by atoms with Crippen molar-refractivity contribution in [3.8, 4) is 5.75 Å². The summed E-state index contributed by atoms with van der Waals surface area (Å²) >= 11 is 6.03. The van der Waals surface area contributed by atoms with Crippen molar-refractivity contribution in [2.75, 3.05) is 0 Å². The third-order valence-corrected chi connectivity index (χ3v) is 2.86. The molecule has 72 valence electrons. The van der Waals surface area contributed by atoms with Gasteiger partial charge >= 0.3 is 0 Å². The van der Waals surface area contributed by atoms with Crippen molar-refractivity contribution in [1.29, 1.82) is 0 Å². The van der Waals surface area contributed by atoms with E-state index in [2.05, 4.69) is 0 Å². The van der Waals surface area contributed by atoms with Crippen LogP contribution in [0.15, 0.2) is 23.8 Å². The molecule has 0 radical (unpaired) electrons. The van der Waals surface area contributed by atoms with Crippen molar-refractivity contribution >= 4 is 22.9 Å². The van der Waals surface area contributed by atoms with Gasteiger partial charge in [-0.15, -0.1) is 0 Å². The molecule has 1 aromatic rings. The van der Waals surface area contributed by atoms with Gasteiger partial charge in [0.25, 0.3) is 0 Å². The fourth-order valence-electron chi connectivity index (χ4n) is 1.66. The standard InChI is InChI=1S/C11H9ClO2/c12-11-8(6-13)2-1-7-5-9(14)3-4-10(7)11/h3-6,14H,1-2H2. The molecule has 0 atom stereocenters. The zero-order valence-corrected chi connectivity index (χ0v) is 8.21. The van der Waals surface area contributed by atoms with Crippen molar-refractivity contribution in [3.63, 3.8) is 0 Å². The van der Waals surface area contributed by atoms with Crippen molar-refractivity contribution < 1.29 is 9.90 Å². The molecule has 0 saturated carbocycles. The quantitative estimate of drug-likeness (QED) is 0.720. The molecule has 1 N–H and O–H groups in total. The van der Waals surface area contributed by atoms with Crippen LogP contribution in [0.5, 0.6) is 5.75 Å². The Bertz CT molecular complexity index is 421. The number of aryl methyl sites for hydroxylation is 1. The van der Waals surface area contributed by atoms with Crippen LogP contribution in [0.1, 0.15) is 17.5 Å². The number of carbonyl (C=O) groups excluding carboxylic acids is 1. The number of halogens is 1. The number of benzene rings is 1. The molecule has 2 rings (SSSR count). The minimum atomic E-state index is 0.239. The van der Waals surface area contributed by atoms with Crippen LogP contribution in [0, 0.1) is 0 Å². The predicted octanol–water partition coefficient (Wildman–Crippen LogP) is 2.49. The lowest BCUT2D eigenvalue weighted by Gasteiger charge is -2.16. The van der Waals surface area contributed by atoms with Gasteiger partial charge in [0.15, 0.2) is 0 Å². The Morgan fingerprint density at radius 1 is 1.36 bits per heavy atom. The summed E-state index contributed by atoms with van der Waals surface area (Å²) in [6.07, 6.45) is 2.21. The molecular formula is C11H9ClO2. The Kier molecular flexibility index (Phi) is 2.30. The van der Waals surface area contributed by atoms with Gasteiger partial charge in [-0.25, -0.2) is 0 Å². The highest BCUT2D eigenvalue weighted by Gasteiger charge is 2.17. The number of hydrogen-bond acceptors (Lipinski definition) is 2. The van der Waals surface area contributed by atoms with Crippen molar-refractivity contribution in [2.45, 2.75) is 12.8 Å². The molecule has 1 aliphatic carbocycles. The van der Waals surface area contributed by atoms with E-state index in [1.165, 1.54) is 0 Å². The number of phenols is 1. The molecule has 0 heterocycles. The van der Waals surface area contributed by atoms with Gasteiger partial charge in [0.1, 0.15) is 12.0 Å². The second-order valence-electron chi connectivity index (χ2n) is 3.30. The summed E-state index contributed by atoms with van der Waals surface area (Å²) in [6, 6.07) is 5.02. The molecule has 0 saturated heterocycles. The van der Waals surface area contributed by atoms with Crippen LogP contribution in [0.3, 0.4) is 0 Å². The third-order valence-electron chi connectivity index (χ3n) is 2.41. The van der Waals surface area contributed by atoms with Crippen LogP contribution in [-0.4, -0.2) is 11.4 Å². The first-order chi connectivity index (χ1) is 6.72. The Morgan fingerprint density at radius 3 is 2.86 bits per heavy atom. The van der Waals surface area contributed by atoms with E-state index in [4.69, 9.17) is 11.6 Å². The Labute approximate surface area is 86.8 Å². The molecule has 0 unspecified atom stereocenters. The lowest BCUT2D eigenvalue weighted by Crippen LogP contribution is -2.02. The molecular weight excluding hydrogens is 200 g/mol. The van der Waals surface area contributed by atoms with Crippen LogP contribution in [-0.2, 0) is 11.2 Å². The first-order valence-electron chi connectivity index (χ1n) is 4.38. The number of fused-ring (bicyclic) bond motifs is 1. The Balaban J connectivity index is 2.58. The molecule has 0 amide bonds. The highest BCUT2D eigenvalue weighted by atomic mass is 35.5. The second kappa shape index (κ2) is 3.46. The lowest BCUT2D eigenvalue weighted by atomic mass is 9.92. The van der Waals surface area contributed by atoms with E-state index in [9.17, 15) is 9.90 Å². The first kappa shape index (κ1) is 9.28. The molecule has 0 aliphatic heterocycles. The molecule has 14 heavy (non-hydrogen) atoms. The highest BCUT2D eigenvalue weighted by molar-refractivity contribution is 6.50. The fourth-order valence-corrected chi connectivity index (χ4v) is 1.99. The maximum absolute atomic E-state index is 10.7. The summed E-state index contributed by atoms with van der Waals surface area (Å²) in [5, 5.41) is 9.78. The molecule has 0 aromatic heterocycles. The summed E-state index contributed by atoms with van der Waals surface area (Å²) in [6.45, 7) is 0. The molecule has 0 spiro atoms. The zero-order chi connectivity index (χ0) is 10.1. The molecule has 0 fully saturated rings. The predicted molar refractivity (Wildman–Crippen MR) is 55.3 cm³/mol. The lowest BCUT2D eigenvalue weighted by molar-refractivity contribution is -0.105. The van der Waals surface area contributed by atoms with Gasteiger partial charge < -0.3 is 5.11 Å². The van der Waals surface area contributed by atoms with E-state index >= 15 is 0 Å². The number of hydrogen-bond donors (Lipinski definition) is 1. The summed E-state index contributed by atoms with van der Waals surface area (Å²) in [5.41, 5.74) is 2.50. The zero-order valence-electron chi connectivity index (χ0n) is 7.46. The van der Waals surface area contributed by atoms with E-state index in [0.29, 0.717) is 17.0 Å². The van der Waals surface area contributed by atoms with E-state index in [-0.39, 0.29) is 5.75 Å². The number of rotatable bonds is 1. The molecule has 2 nitrogen and oxygen atoms in total. The van der Waals surface area contributed by atoms with E-state index in [0.717, 1.165) is 23.8 Å². The molecule has 1 aromatic carbocycles. The Morgan fingerprint density at radius 2 is 2.14 bits per heavy atom. The topological polar surface area (TPSA) is 37.3 Å². The third kappa shape index (κ3) is 1.42. The van der Waals surface area contributed by atoms with Crippen LogP contribution in [0.25, 0.3) is 5.03 Å². The van der Waals surface area contributed by atoms with Gasteiger partial charge in [0, 0.05) is 5.57 Å². The van der Waals surface area contributed by atoms with Gasteiger partial charge in [-0.3, -0.25) is 4.79 Å². The molecule has 0 bridgehead atoms. The summed E-state index contributed by atoms with van der Waals surface area (Å²) < 4.78 is 0. The largest absolute Gasteiger partial charge is 0.508 e. The van der Waals surface area contributed by atoms with E-state index in [1.54, 1.807) is 18.2 Å². The van der Waals surface area contributed by atoms with Crippen LogP contribution in [0.4, 0.5) is 0 Å². The smallest absolute Gasteiger partial charge is 0.147 e. The Hall–Kier alpha value is -1.28. The average molecular weight is 209 g/mol. The van der Waals surface area contributed by atoms with Crippen LogP contribution in [0.2, 0.25) is 0 Å². The van der Waals surface area contributed by atoms with Gasteiger partial charge in [0.05, 0.1) is 5.03 Å². The minimum absolute atomic E-state index is 0.239. The summed E-state index contributed by atoms with van der Waals surface area (Å²) in [7, 11) is 0. The second-order valence-corrected chi connectivity index (χ2v) is 3.68. The molecule has 3 heteroatoms. The van der Waals surface area contributed by atoms with Crippen molar-refractivity contribution in [2.24, 2.45) is 0 Å². The van der Waals surface area contributed by atoms with Crippen LogP contribution < -0.4 is 0 Å². The monoisotopic (exact) mass is 208 g/mol. The summed E-state index contributed by atoms with van der Waals surface area (Å²) in [5.74, 6) is 0.239. The number of aromatic hydroxyl groups is 1. The van der Waals surface area contributed by atoms with Crippen molar-refractivity contribution in [3.05, 3.63) is 34.9 Å². The normalized spacial score (nSPS) is 15.2. The number of aldehydes is 1. The summed E-state index contributed by atoms with van der Waals surface area (Å²) in [4.78, 5) is 10.7. The maximum atomic E-state index is 10.7. The number of carbonyl (C=O) groups is 1. The number of phenolic OH excluding ortho intramolecular Hbond substituents is 1. The van der Waals surface area contributed by atoms with Gasteiger partial charge in [-0.1, -0.05) is 11.6 Å². The average Bonchev–Trinajstić information content (AvgIpc) is 2.18. The van der Waals surface area contributed by atoms with E-state index < -0.39 is 0 Å². The maximum Gasteiger partial charge on any atom is 0.147 e. The van der Waals surface area contributed by atoms with Crippen LogP contribution >= 0.6 is 11.6 Å². The fraction of sp³-hybridized carbons (Fsp3) is 0.182. The molecule has 1 aliphatic rings. The number of allylic oxidation sites excluding steroid dienone is 1. The van der Waals surface area contributed by atoms with Gasteiger partial charge in [0.2, 0.25) is 0 Å². The van der Waals surface area contributed by atoms with E-state index in [1.807, 2.05) is 0 Å². The minimum Gasteiger partial charge on any atom is -0.508 e. The first-order valence-corrected chi connectivity index (χ1v) is 4.76. The van der Waals surface area contributed by atoms with Crippen molar-refractivity contribution in [1.82, 2.24) is 0 Å². The highest BCUT2D eigenvalue weighted by Crippen LogP contribution is 2.34. The SMILES string of the molecule is O=CC1=C(Cl)c2ccc(O)cc2CC1. The van der Waals surface area contributed by atoms with Gasteiger partial charge in [-0.2, -0.15) is 0 Å².